The third-order valence-electron chi connectivity index (χ3n) is 3.64. The number of fused-ring (bicyclic) bond motifs is 1. The van der Waals surface area contributed by atoms with Crippen molar-refractivity contribution in [3.63, 3.8) is 0 Å². The minimum absolute atomic E-state index is 0.172. The van der Waals surface area contributed by atoms with Crippen LogP contribution >= 0.6 is 0 Å². The zero-order valence-corrected chi connectivity index (χ0v) is 11.3. The number of methoxy groups -OCH3 is 1. The van der Waals surface area contributed by atoms with Crippen molar-refractivity contribution in [3.8, 4) is 0 Å². The van der Waals surface area contributed by atoms with Crippen molar-refractivity contribution in [1.82, 2.24) is 5.32 Å². The molecule has 0 saturated carbocycles. The van der Waals surface area contributed by atoms with Gasteiger partial charge in [-0.3, -0.25) is 10.1 Å². The van der Waals surface area contributed by atoms with E-state index in [0.29, 0.717) is 0 Å². The zero-order valence-electron chi connectivity index (χ0n) is 11.3. The molecule has 0 saturated heterocycles. The van der Waals surface area contributed by atoms with Crippen LogP contribution in [-0.4, -0.2) is 19.1 Å². The molecule has 1 N–H and O–H groups in total. The van der Waals surface area contributed by atoms with Gasteiger partial charge in [0, 0.05) is 6.04 Å². The number of hydrogen-bond donors (Lipinski definition) is 1. The predicted molar refractivity (Wildman–Crippen MR) is 71.3 cm³/mol. The third kappa shape index (κ3) is 2.56. The summed E-state index contributed by atoms with van der Waals surface area (Å²) in [5, 5.41) is 3.45. The molecule has 3 heteroatoms. The van der Waals surface area contributed by atoms with Crippen LogP contribution in [0.15, 0.2) is 24.3 Å². The summed E-state index contributed by atoms with van der Waals surface area (Å²) in [4.78, 5) is 11.8. The summed E-state index contributed by atoms with van der Waals surface area (Å²) in [5.74, 6) is 0.0552. The molecule has 1 aliphatic carbocycles. The Bertz CT molecular complexity index is 428. The Morgan fingerprint density at radius 2 is 2.11 bits per heavy atom. The van der Waals surface area contributed by atoms with E-state index in [9.17, 15) is 4.79 Å². The molecule has 0 fully saturated rings. The minimum atomic E-state index is -0.230. The van der Waals surface area contributed by atoms with Gasteiger partial charge < -0.3 is 4.74 Å². The monoisotopic (exact) mass is 247 g/mol. The maximum absolute atomic E-state index is 11.8. The first-order chi connectivity index (χ1) is 8.63. The molecule has 0 amide bonds. The van der Waals surface area contributed by atoms with Crippen LogP contribution in [0.2, 0.25) is 0 Å². The van der Waals surface area contributed by atoms with Gasteiger partial charge in [0.1, 0.15) is 6.04 Å². The van der Waals surface area contributed by atoms with Crippen molar-refractivity contribution >= 4 is 5.97 Å². The summed E-state index contributed by atoms with van der Waals surface area (Å²) in [7, 11) is 1.45. The molecule has 0 radical (unpaired) electrons. The third-order valence-corrected chi connectivity index (χ3v) is 3.64. The molecule has 0 aromatic heterocycles. The van der Waals surface area contributed by atoms with Crippen LogP contribution in [0.3, 0.4) is 0 Å². The summed E-state index contributed by atoms with van der Waals surface area (Å²) in [6, 6.07) is 8.48. The van der Waals surface area contributed by atoms with E-state index in [4.69, 9.17) is 4.74 Å². The maximum atomic E-state index is 11.8. The topological polar surface area (TPSA) is 38.3 Å². The summed E-state index contributed by atoms with van der Waals surface area (Å²) in [6.45, 7) is 4.07. The fraction of sp³-hybridized carbons (Fsp3) is 0.533. The van der Waals surface area contributed by atoms with E-state index in [0.717, 1.165) is 12.8 Å². The molecule has 1 aromatic rings. The fourth-order valence-corrected chi connectivity index (χ4v) is 2.61. The number of esters is 1. The first kappa shape index (κ1) is 13.1. The number of hydrogen-bond acceptors (Lipinski definition) is 3. The molecule has 98 valence electrons. The van der Waals surface area contributed by atoms with Crippen molar-refractivity contribution in [2.24, 2.45) is 5.92 Å². The first-order valence-corrected chi connectivity index (χ1v) is 6.55. The van der Waals surface area contributed by atoms with Gasteiger partial charge in [0.2, 0.25) is 0 Å². The van der Waals surface area contributed by atoms with Gasteiger partial charge in [0.25, 0.3) is 0 Å². The Morgan fingerprint density at radius 3 is 2.78 bits per heavy atom. The molecule has 0 heterocycles. The van der Waals surface area contributed by atoms with Crippen LogP contribution in [0.4, 0.5) is 0 Å². The maximum Gasteiger partial charge on any atom is 0.323 e. The van der Waals surface area contributed by atoms with Crippen LogP contribution in [0, 0.1) is 5.92 Å². The second-order valence-electron chi connectivity index (χ2n) is 5.20. The Labute approximate surface area is 109 Å². The number of rotatable bonds is 4. The van der Waals surface area contributed by atoms with Crippen LogP contribution in [-0.2, 0) is 16.0 Å². The van der Waals surface area contributed by atoms with Gasteiger partial charge in [-0.2, -0.15) is 0 Å². The molecule has 2 unspecified atom stereocenters. The molecule has 0 bridgehead atoms. The highest BCUT2D eigenvalue weighted by Gasteiger charge is 2.29. The second-order valence-corrected chi connectivity index (χ2v) is 5.20. The van der Waals surface area contributed by atoms with Crippen molar-refractivity contribution in [2.75, 3.05) is 7.11 Å². The number of aryl methyl sites for hydroxylation is 1. The lowest BCUT2D eigenvalue weighted by atomic mass is 10.0. The van der Waals surface area contributed by atoms with Crippen molar-refractivity contribution in [1.29, 1.82) is 0 Å². The van der Waals surface area contributed by atoms with Crippen LogP contribution in [0.5, 0.6) is 0 Å². The van der Waals surface area contributed by atoms with Crippen LogP contribution in [0.25, 0.3) is 0 Å². The van der Waals surface area contributed by atoms with Gasteiger partial charge in [-0.15, -0.1) is 0 Å². The van der Waals surface area contributed by atoms with E-state index in [-0.39, 0.29) is 24.0 Å². The summed E-state index contributed by atoms with van der Waals surface area (Å²) in [6.07, 6.45) is 2.14. The van der Waals surface area contributed by atoms with E-state index in [2.05, 4.69) is 29.6 Å². The SMILES string of the molecule is COC(=O)C(NC1CCc2ccccc21)C(C)C. The van der Waals surface area contributed by atoms with Crippen molar-refractivity contribution < 1.29 is 9.53 Å². The zero-order chi connectivity index (χ0) is 13.1. The lowest BCUT2D eigenvalue weighted by Gasteiger charge is -2.24. The Kier molecular flexibility index (Phi) is 4.02. The molecule has 3 nitrogen and oxygen atoms in total. The highest BCUT2D eigenvalue weighted by molar-refractivity contribution is 5.76. The van der Waals surface area contributed by atoms with Gasteiger partial charge in [0.15, 0.2) is 0 Å². The molecule has 2 atom stereocenters. The van der Waals surface area contributed by atoms with Gasteiger partial charge in [0.05, 0.1) is 7.11 Å². The van der Waals surface area contributed by atoms with Crippen LogP contribution < -0.4 is 5.32 Å². The van der Waals surface area contributed by atoms with Crippen LogP contribution in [0.1, 0.15) is 37.4 Å². The van der Waals surface area contributed by atoms with E-state index in [1.807, 2.05) is 13.8 Å². The first-order valence-electron chi connectivity index (χ1n) is 6.55. The molecular formula is C15H21NO2. The molecule has 1 aliphatic rings. The van der Waals surface area contributed by atoms with E-state index >= 15 is 0 Å². The quantitative estimate of drug-likeness (QED) is 0.831. The predicted octanol–water partition coefficient (Wildman–Crippen LogP) is 2.46. The molecule has 2 rings (SSSR count). The Hall–Kier alpha value is -1.35. The number of ether oxygens (including phenoxy) is 1. The molecule has 1 aromatic carbocycles. The van der Waals surface area contributed by atoms with Gasteiger partial charge >= 0.3 is 5.97 Å². The number of carbonyl (C=O) groups excluding carboxylic acids is 1. The lowest BCUT2D eigenvalue weighted by Crippen LogP contribution is -2.43. The van der Waals surface area contributed by atoms with E-state index in [1.54, 1.807) is 0 Å². The molecule has 0 spiro atoms. The van der Waals surface area contributed by atoms with E-state index in [1.165, 1.54) is 18.2 Å². The summed E-state index contributed by atoms with van der Waals surface area (Å²) < 4.78 is 4.87. The minimum Gasteiger partial charge on any atom is -0.468 e. The smallest absolute Gasteiger partial charge is 0.323 e. The molecule has 0 aliphatic heterocycles. The largest absolute Gasteiger partial charge is 0.468 e. The number of carbonyl (C=O) groups is 1. The Balaban J connectivity index is 2.12. The van der Waals surface area contributed by atoms with E-state index < -0.39 is 0 Å². The fourth-order valence-electron chi connectivity index (χ4n) is 2.61. The van der Waals surface area contributed by atoms with Gasteiger partial charge in [-0.05, 0) is 29.9 Å². The number of nitrogens with one attached hydrogen (secondary N) is 1. The summed E-state index contributed by atoms with van der Waals surface area (Å²) in [5.41, 5.74) is 2.72. The van der Waals surface area contributed by atoms with Gasteiger partial charge in [-0.1, -0.05) is 38.1 Å². The average molecular weight is 247 g/mol. The highest BCUT2D eigenvalue weighted by Crippen LogP contribution is 2.31. The standard InChI is InChI=1S/C15H21NO2/c1-10(2)14(15(17)18-3)16-13-9-8-11-6-4-5-7-12(11)13/h4-7,10,13-14,16H,8-9H2,1-3H3. The second kappa shape index (κ2) is 5.53. The molecule has 18 heavy (non-hydrogen) atoms. The number of benzene rings is 1. The lowest BCUT2D eigenvalue weighted by molar-refractivity contribution is -0.144. The summed E-state index contributed by atoms with van der Waals surface area (Å²) >= 11 is 0. The van der Waals surface area contributed by atoms with Gasteiger partial charge in [-0.25, -0.2) is 0 Å². The Morgan fingerprint density at radius 1 is 1.39 bits per heavy atom. The average Bonchev–Trinajstić information content (AvgIpc) is 2.78. The normalized spacial score (nSPS) is 19.7. The van der Waals surface area contributed by atoms with Crippen molar-refractivity contribution in [3.05, 3.63) is 35.4 Å². The van der Waals surface area contributed by atoms with Crippen molar-refractivity contribution in [2.45, 2.75) is 38.8 Å². The highest BCUT2D eigenvalue weighted by atomic mass is 16.5. The molecular weight excluding hydrogens is 226 g/mol.